The van der Waals surface area contributed by atoms with Crippen LogP contribution in [-0.4, -0.2) is 32.5 Å². The number of nitro benzene ring substituents is 1. The predicted molar refractivity (Wildman–Crippen MR) is 99.9 cm³/mol. The Labute approximate surface area is 155 Å². The fraction of sp³-hybridized carbons (Fsp3) is 0.294. The Hall–Kier alpha value is -1.93. The summed E-state index contributed by atoms with van der Waals surface area (Å²) in [6.07, 6.45) is 1.42. The van der Waals surface area contributed by atoms with Crippen LogP contribution in [0.3, 0.4) is 0 Å². The Kier molecular flexibility index (Phi) is 6.18. The van der Waals surface area contributed by atoms with Gasteiger partial charge < -0.3 is 4.74 Å². The van der Waals surface area contributed by atoms with E-state index in [2.05, 4.69) is 15.9 Å². The highest BCUT2D eigenvalue weighted by Gasteiger charge is 2.23. The van der Waals surface area contributed by atoms with Crippen molar-refractivity contribution in [2.75, 3.05) is 19.1 Å². The van der Waals surface area contributed by atoms with Gasteiger partial charge in [0.2, 0.25) is 0 Å². The third kappa shape index (κ3) is 5.54. The fourth-order valence-electron chi connectivity index (χ4n) is 2.66. The van der Waals surface area contributed by atoms with E-state index in [-0.39, 0.29) is 23.8 Å². The van der Waals surface area contributed by atoms with Gasteiger partial charge in [-0.1, -0.05) is 34.1 Å². The van der Waals surface area contributed by atoms with E-state index in [9.17, 15) is 18.5 Å². The zero-order valence-corrected chi connectivity index (χ0v) is 16.2. The number of benzene rings is 2. The van der Waals surface area contributed by atoms with Crippen molar-refractivity contribution in [1.82, 2.24) is 0 Å². The quantitative estimate of drug-likeness (QED) is 0.496. The molecule has 1 unspecified atom stereocenters. The van der Waals surface area contributed by atoms with Crippen molar-refractivity contribution in [2.24, 2.45) is 0 Å². The second-order valence-corrected chi connectivity index (χ2v) is 8.90. The molecule has 2 rings (SSSR count). The summed E-state index contributed by atoms with van der Waals surface area (Å²) in [5.74, 6) is 0.185. The number of hydrogen-bond acceptors (Lipinski definition) is 5. The van der Waals surface area contributed by atoms with Crippen LogP contribution in [0.4, 0.5) is 5.69 Å². The molecule has 25 heavy (non-hydrogen) atoms. The molecule has 0 aliphatic rings. The summed E-state index contributed by atoms with van der Waals surface area (Å²) in [6, 6.07) is 11.9. The molecular formula is C17H18BrNO5S. The lowest BCUT2D eigenvalue weighted by atomic mass is 9.92. The van der Waals surface area contributed by atoms with Crippen LogP contribution in [0, 0.1) is 10.1 Å². The molecule has 6 nitrogen and oxygen atoms in total. The van der Waals surface area contributed by atoms with Gasteiger partial charge in [-0.05, 0) is 30.2 Å². The third-order valence-electron chi connectivity index (χ3n) is 3.80. The average molecular weight is 428 g/mol. The Balaban J connectivity index is 2.41. The minimum Gasteiger partial charge on any atom is -0.497 e. The molecular weight excluding hydrogens is 410 g/mol. The van der Waals surface area contributed by atoms with Crippen LogP contribution in [0.2, 0.25) is 0 Å². The second-order valence-electron chi connectivity index (χ2n) is 5.80. The molecule has 0 aliphatic carbocycles. The summed E-state index contributed by atoms with van der Waals surface area (Å²) in [5.41, 5.74) is 1.27. The van der Waals surface area contributed by atoms with Crippen molar-refractivity contribution in [3.63, 3.8) is 0 Å². The lowest BCUT2D eigenvalue weighted by Crippen LogP contribution is -2.16. The van der Waals surface area contributed by atoms with Crippen molar-refractivity contribution in [1.29, 1.82) is 0 Å². The third-order valence-corrected chi connectivity index (χ3v) is 5.30. The van der Waals surface area contributed by atoms with E-state index < -0.39 is 14.8 Å². The molecule has 0 heterocycles. The van der Waals surface area contributed by atoms with Crippen LogP contribution < -0.4 is 4.74 Å². The van der Waals surface area contributed by atoms with Crippen molar-refractivity contribution >= 4 is 31.5 Å². The van der Waals surface area contributed by atoms with Crippen LogP contribution in [0.5, 0.6) is 5.75 Å². The van der Waals surface area contributed by atoms with Crippen LogP contribution in [0.25, 0.3) is 0 Å². The molecule has 0 saturated heterocycles. The first-order chi connectivity index (χ1) is 11.7. The van der Waals surface area contributed by atoms with Gasteiger partial charge in [0.25, 0.3) is 5.69 Å². The maximum absolute atomic E-state index is 11.8. The second kappa shape index (κ2) is 7.97. The lowest BCUT2D eigenvalue weighted by Gasteiger charge is -2.17. The molecule has 0 aromatic heterocycles. The molecule has 8 heteroatoms. The van der Waals surface area contributed by atoms with Crippen molar-refractivity contribution in [3.05, 3.63) is 68.2 Å². The van der Waals surface area contributed by atoms with E-state index >= 15 is 0 Å². The highest BCUT2D eigenvalue weighted by molar-refractivity contribution is 9.10. The standard InChI is InChI=1S/C17H18BrNO5S/c1-24-16-7-4-12(5-8-16)14(11-25(2,22)23)9-13-3-6-15(18)10-17(13)19(20)21/h3-8,10,14H,9,11H2,1-2H3. The number of rotatable bonds is 7. The minimum absolute atomic E-state index is 0.0265. The van der Waals surface area contributed by atoms with E-state index in [4.69, 9.17) is 4.74 Å². The number of methoxy groups -OCH3 is 1. The molecule has 0 N–H and O–H groups in total. The Morgan fingerprint density at radius 1 is 1.20 bits per heavy atom. The van der Waals surface area contributed by atoms with Gasteiger partial charge in [-0.3, -0.25) is 10.1 Å². The van der Waals surface area contributed by atoms with E-state index in [1.165, 1.54) is 12.3 Å². The molecule has 1 atom stereocenters. The number of hydrogen-bond donors (Lipinski definition) is 0. The van der Waals surface area contributed by atoms with E-state index in [0.717, 1.165) is 5.56 Å². The van der Waals surface area contributed by atoms with Crippen molar-refractivity contribution < 1.29 is 18.1 Å². The Bertz CT molecular complexity index is 865. The number of halogens is 1. The summed E-state index contributed by atoms with van der Waals surface area (Å²) in [4.78, 5) is 10.9. The topological polar surface area (TPSA) is 86.5 Å². The largest absolute Gasteiger partial charge is 0.497 e. The smallest absolute Gasteiger partial charge is 0.273 e. The summed E-state index contributed by atoms with van der Waals surface area (Å²) >= 11 is 3.23. The van der Waals surface area contributed by atoms with Crippen LogP contribution in [-0.2, 0) is 16.3 Å². The summed E-state index contributed by atoms with van der Waals surface area (Å²) < 4.78 is 29.4. The van der Waals surface area contributed by atoms with Crippen LogP contribution >= 0.6 is 15.9 Å². The number of nitro groups is 1. The molecule has 0 spiro atoms. The maximum Gasteiger partial charge on any atom is 0.273 e. The molecule has 0 bridgehead atoms. The number of sulfone groups is 1. The van der Waals surface area contributed by atoms with Crippen molar-refractivity contribution in [2.45, 2.75) is 12.3 Å². The van der Waals surface area contributed by atoms with Gasteiger partial charge in [0.15, 0.2) is 0 Å². The molecule has 2 aromatic carbocycles. The van der Waals surface area contributed by atoms with Gasteiger partial charge in [0.1, 0.15) is 15.6 Å². The lowest BCUT2D eigenvalue weighted by molar-refractivity contribution is -0.385. The molecule has 2 aromatic rings. The molecule has 134 valence electrons. The van der Waals surface area contributed by atoms with Gasteiger partial charge in [-0.25, -0.2) is 8.42 Å². The van der Waals surface area contributed by atoms with Gasteiger partial charge in [0, 0.05) is 28.3 Å². The van der Waals surface area contributed by atoms with E-state index in [0.29, 0.717) is 15.8 Å². The summed E-state index contributed by atoms with van der Waals surface area (Å²) in [7, 11) is -1.71. The van der Waals surface area contributed by atoms with Gasteiger partial charge in [-0.15, -0.1) is 0 Å². The summed E-state index contributed by atoms with van der Waals surface area (Å²) in [6.45, 7) is 0. The van der Waals surface area contributed by atoms with E-state index in [1.54, 1.807) is 43.5 Å². The van der Waals surface area contributed by atoms with Crippen molar-refractivity contribution in [3.8, 4) is 5.75 Å². The monoisotopic (exact) mass is 427 g/mol. The predicted octanol–water partition coefficient (Wildman–Crippen LogP) is 3.74. The molecule has 0 fully saturated rings. The first-order valence-electron chi connectivity index (χ1n) is 7.44. The van der Waals surface area contributed by atoms with Crippen LogP contribution in [0.15, 0.2) is 46.9 Å². The Morgan fingerprint density at radius 2 is 1.84 bits per heavy atom. The molecule has 0 amide bonds. The maximum atomic E-state index is 11.8. The molecule has 0 aliphatic heterocycles. The first-order valence-corrected chi connectivity index (χ1v) is 10.3. The Morgan fingerprint density at radius 3 is 2.36 bits per heavy atom. The average Bonchev–Trinajstić information content (AvgIpc) is 2.54. The highest BCUT2D eigenvalue weighted by Crippen LogP contribution is 2.30. The number of nitrogens with zero attached hydrogens (tertiary/aromatic N) is 1. The normalized spacial score (nSPS) is 12.6. The zero-order valence-electron chi connectivity index (χ0n) is 13.8. The summed E-state index contributed by atoms with van der Waals surface area (Å²) in [5, 5.41) is 11.3. The van der Waals surface area contributed by atoms with Gasteiger partial charge in [0.05, 0.1) is 17.8 Å². The molecule has 0 saturated carbocycles. The highest BCUT2D eigenvalue weighted by atomic mass is 79.9. The van der Waals surface area contributed by atoms with E-state index in [1.807, 2.05) is 0 Å². The van der Waals surface area contributed by atoms with Gasteiger partial charge in [-0.2, -0.15) is 0 Å². The minimum atomic E-state index is -3.26. The molecule has 0 radical (unpaired) electrons. The van der Waals surface area contributed by atoms with Gasteiger partial charge >= 0.3 is 0 Å². The number of ether oxygens (including phenoxy) is 1. The first kappa shape index (κ1) is 19.4. The fourth-order valence-corrected chi connectivity index (χ4v) is 4.05. The zero-order chi connectivity index (χ0) is 18.6. The van der Waals surface area contributed by atoms with Crippen LogP contribution in [0.1, 0.15) is 17.0 Å². The SMILES string of the molecule is COc1ccc(C(Cc2ccc(Br)cc2[N+](=O)[O-])CS(C)(=O)=O)cc1.